The molecule has 5 nitrogen and oxygen atoms in total. The Labute approximate surface area is 166 Å². The summed E-state index contributed by atoms with van der Waals surface area (Å²) in [5, 5.41) is 2.85. The van der Waals surface area contributed by atoms with E-state index >= 15 is 0 Å². The number of amides is 1. The summed E-state index contributed by atoms with van der Waals surface area (Å²) in [5.41, 5.74) is 1.79. The minimum atomic E-state index is -0.450. The molecule has 0 spiro atoms. The van der Waals surface area contributed by atoms with Crippen LogP contribution >= 0.6 is 35.0 Å². The molecule has 0 radical (unpaired) electrons. The maximum Gasteiger partial charge on any atom is 0.271 e. The van der Waals surface area contributed by atoms with E-state index in [0.29, 0.717) is 30.8 Å². The van der Waals surface area contributed by atoms with Gasteiger partial charge < -0.3 is 5.32 Å². The zero-order valence-electron chi connectivity index (χ0n) is 13.9. The van der Waals surface area contributed by atoms with Crippen LogP contribution < -0.4 is 5.32 Å². The molecule has 0 bridgehead atoms. The first-order valence-corrected chi connectivity index (χ1v) is 8.85. The molecule has 0 atom stereocenters. The molecule has 8 heteroatoms. The lowest BCUT2D eigenvalue weighted by Crippen LogP contribution is -2.35. The Kier molecular flexibility index (Phi) is 9.84. The maximum atomic E-state index is 12.2. The molecule has 0 saturated heterocycles. The van der Waals surface area contributed by atoms with E-state index in [1.54, 1.807) is 6.08 Å². The third kappa shape index (κ3) is 6.83. The van der Waals surface area contributed by atoms with Gasteiger partial charge in [0.1, 0.15) is 12.4 Å². The van der Waals surface area contributed by atoms with Gasteiger partial charge in [0.05, 0.1) is 17.2 Å². The molecule has 136 valence electrons. The number of nitrogens with zero attached hydrogens (tertiary/aromatic N) is 3. The zero-order valence-corrected chi connectivity index (χ0v) is 16.9. The third-order valence-corrected chi connectivity index (χ3v) is 4.19. The number of hydrogen-bond donors (Lipinski definition) is 1. The Balaban J connectivity index is 0.00000312. The van der Waals surface area contributed by atoms with Crippen molar-refractivity contribution in [3.63, 3.8) is 0 Å². The second-order valence-corrected chi connectivity index (χ2v) is 6.41. The molecule has 0 unspecified atom stereocenters. The lowest BCUT2D eigenvalue weighted by Gasteiger charge is -2.18. The fraction of sp³-hybridized carbons (Fsp3) is 0.353. The van der Waals surface area contributed by atoms with Crippen LogP contribution in [0.4, 0.5) is 4.39 Å². The van der Waals surface area contributed by atoms with Crippen molar-refractivity contribution in [3.8, 4) is 0 Å². The molecule has 1 aromatic heterocycles. The highest BCUT2D eigenvalue weighted by molar-refractivity contribution is 14.1. The quantitative estimate of drug-likeness (QED) is 0.469. The first kappa shape index (κ1) is 21.7. The Hall–Kier alpha value is -1.32. The van der Waals surface area contributed by atoms with Gasteiger partial charge in [-0.25, -0.2) is 9.37 Å². The smallest absolute Gasteiger partial charge is 0.271 e. The number of fused-ring (bicyclic) bond motifs is 1. The first-order valence-electron chi connectivity index (χ1n) is 7.78. The van der Waals surface area contributed by atoms with Gasteiger partial charge in [0.15, 0.2) is 0 Å². The number of carbonyl (C=O) groups excluding carboxylic acids is 1. The topological polar surface area (TPSA) is 58.1 Å². The monoisotopic (exact) mass is 476 g/mol. The van der Waals surface area contributed by atoms with Gasteiger partial charge in [0, 0.05) is 23.2 Å². The number of alkyl halides is 1. The van der Waals surface area contributed by atoms with Crippen LogP contribution in [-0.2, 0) is 0 Å². The molecule has 1 amide bonds. The molecule has 0 aliphatic heterocycles. The number of halogens is 3. The number of aromatic nitrogens is 2. The number of carbonyl (C=O) groups is 1. The van der Waals surface area contributed by atoms with Crippen LogP contribution in [0, 0.1) is 3.57 Å². The fourth-order valence-corrected chi connectivity index (χ4v) is 2.65. The number of benzene rings is 1. The standard InChI is InChI=1S/C17H20FIN4O.ClH/c1-2-23(9-4-3-7-18)10-8-20-17(24)16-12-21-15-11-13(19)5-6-14(15)22-16;/h3-6,11-12H,2,7-10H2,1H3,(H,20,24);1H/b4-3+;/i19-2;. The van der Waals surface area contributed by atoms with Crippen LogP contribution in [0.25, 0.3) is 11.0 Å². The molecular weight excluding hydrogens is 456 g/mol. The lowest BCUT2D eigenvalue weighted by atomic mass is 10.3. The zero-order chi connectivity index (χ0) is 17.4. The van der Waals surface area contributed by atoms with Crippen LogP contribution in [0.2, 0.25) is 0 Å². The van der Waals surface area contributed by atoms with Gasteiger partial charge in [-0.05, 0) is 47.3 Å². The van der Waals surface area contributed by atoms with E-state index in [4.69, 9.17) is 0 Å². The Morgan fingerprint density at radius 2 is 2.16 bits per heavy atom. The molecule has 1 N–H and O–H groups in total. The average Bonchev–Trinajstić information content (AvgIpc) is 2.59. The molecule has 0 aliphatic rings. The number of hydrogen-bond acceptors (Lipinski definition) is 4. The van der Waals surface area contributed by atoms with Crippen molar-refractivity contribution in [1.29, 1.82) is 0 Å². The molecule has 2 aromatic rings. The number of rotatable bonds is 8. The summed E-state index contributed by atoms with van der Waals surface area (Å²) >= 11 is 2.21. The van der Waals surface area contributed by atoms with E-state index in [0.717, 1.165) is 15.6 Å². The van der Waals surface area contributed by atoms with Gasteiger partial charge in [-0.15, -0.1) is 12.4 Å². The van der Waals surface area contributed by atoms with Crippen LogP contribution in [0.5, 0.6) is 0 Å². The van der Waals surface area contributed by atoms with Gasteiger partial charge >= 0.3 is 0 Å². The van der Waals surface area contributed by atoms with Crippen LogP contribution in [0.1, 0.15) is 17.4 Å². The summed E-state index contributed by atoms with van der Waals surface area (Å²) in [6.07, 6.45) is 4.78. The predicted octanol–water partition coefficient (Wildman–Crippen LogP) is 3.23. The summed E-state index contributed by atoms with van der Waals surface area (Å²) in [6.45, 7) is 4.28. The van der Waals surface area contributed by atoms with E-state index in [1.165, 1.54) is 12.3 Å². The molecule has 1 heterocycles. The van der Waals surface area contributed by atoms with Crippen molar-refractivity contribution in [2.75, 3.05) is 32.9 Å². The number of nitrogens with one attached hydrogen (secondary N) is 1. The summed E-state index contributed by atoms with van der Waals surface area (Å²) in [4.78, 5) is 22.9. The Bertz CT molecular complexity index is 729. The van der Waals surface area contributed by atoms with E-state index < -0.39 is 6.67 Å². The van der Waals surface area contributed by atoms with E-state index in [1.807, 2.05) is 25.1 Å². The highest BCUT2D eigenvalue weighted by Crippen LogP contribution is 2.13. The maximum absolute atomic E-state index is 12.2. The molecule has 0 aliphatic carbocycles. The predicted molar refractivity (Wildman–Crippen MR) is 109 cm³/mol. The molecular formula is C17H21ClFIN4O. The average molecular weight is 477 g/mol. The SMILES string of the molecule is CCN(C/C=C/CF)CCNC(=O)c1cnc2cc([125I])ccc2n1.Cl. The van der Waals surface area contributed by atoms with Crippen molar-refractivity contribution < 1.29 is 9.18 Å². The second-order valence-electron chi connectivity index (χ2n) is 5.16. The number of allylic oxidation sites excluding steroid dienone is 1. The van der Waals surface area contributed by atoms with Crippen LogP contribution in [-0.4, -0.2) is 53.6 Å². The largest absolute Gasteiger partial charge is 0.349 e. The summed E-state index contributed by atoms with van der Waals surface area (Å²) in [7, 11) is 0. The summed E-state index contributed by atoms with van der Waals surface area (Å²) in [6, 6.07) is 5.72. The fourth-order valence-electron chi connectivity index (χ4n) is 2.18. The normalized spacial score (nSPS) is 11.0. The Morgan fingerprint density at radius 1 is 1.36 bits per heavy atom. The van der Waals surface area contributed by atoms with Crippen molar-refractivity contribution in [2.24, 2.45) is 0 Å². The minimum Gasteiger partial charge on any atom is -0.349 e. The molecule has 0 saturated carbocycles. The van der Waals surface area contributed by atoms with Gasteiger partial charge in [-0.1, -0.05) is 19.1 Å². The molecule has 2 rings (SSSR count). The van der Waals surface area contributed by atoms with Crippen LogP contribution in [0.15, 0.2) is 36.5 Å². The summed E-state index contributed by atoms with van der Waals surface area (Å²) in [5.74, 6) is -0.238. The molecule has 25 heavy (non-hydrogen) atoms. The van der Waals surface area contributed by atoms with Crippen molar-refractivity contribution in [3.05, 3.63) is 45.8 Å². The lowest BCUT2D eigenvalue weighted by molar-refractivity contribution is 0.0944. The van der Waals surface area contributed by atoms with Gasteiger partial charge in [-0.2, -0.15) is 0 Å². The van der Waals surface area contributed by atoms with E-state index in [9.17, 15) is 9.18 Å². The first-order chi connectivity index (χ1) is 11.6. The minimum absolute atomic E-state index is 0. The second kappa shape index (κ2) is 11.3. The van der Waals surface area contributed by atoms with Crippen molar-refractivity contribution in [2.45, 2.75) is 6.92 Å². The van der Waals surface area contributed by atoms with E-state index in [-0.39, 0.29) is 18.3 Å². The van der Waals surface area contributed by atoms with Gasteiger partial charge in [0.25, 0.3) is 5.91 Å². The summed E-state index contributed by atoms with van der Waals surface area (Å²) < 4.78 is 13.1. The van der Waals surface area contributed by atoms with Crippen LogP contribution in [0.3, 0.4) is 0 Å². The molecule has 1 aromatic carbocycles. The number of likely N-dealkylation sites (N-methyl/N-ethyl adjacent to an activating group) is 1. The van der Waals surface area contributed by atoms with Gasteiger partial charge in [-0.3, -0.25) is 14.7 Å². The van der Waals surface area contributed by atoms with Crippen molar-refractivity contribution >= 4 is 51.9 Å². The highest BCUT2D eigenvalue weighted by Gasteiger charge is 2.09. The van der Waals surface area contributed by atoms with E-state index in [2.05, 4.69) is 42.8 Å². The highest BCUT2D eigenvalue weighted by atomic mass is 125. The molecule has 0 fully saturated rings. The van der Waals surface area contributed by atoms with Gasteiger partial charge in [0.2, 0.25) is 0 Å². The van der Waals surface area contributed by atoms with Crippen molar-refractivity contribution in [1.82, 2.24) is 20.2 Å². The third-order valence-electron chi connectivity index (χ3n) is 3.52. The Morgan fingerprint density at radius 3 is 2.88 bits per heavy atom.